The van der Waals surface area contributed by atoms with Crippen molar-refractivity contribution in [2.24, 2.45) is 5.10 Å². The number of furan rings is 1. The van der Waals surface area contributed by atoms with E-state index in [-0.39, 0.29) is 16.9 Å². The highest BCUT2D eigenvalue weighted by Crippen LogP contribution is 2.24. The van der Waals surface area contributed by atoms with E-state index >= 15 is 0 Å². The van der Waals surface area contributed by atoms with Crippen molar-refractivity contribution in [2.75, 3.05) is 0 Å². The van der Waals surface area contributed by atoms with E-state index in [1.165, 1.54) is 18.3 Å². The van der Waals surface area contributed by atoms with E-state index in [1.54, 1.807) is 36.6 Å². The quantitative estimate of drug-likeness (QED) is 0.246. The van der Waals surface area contributed by atoms with Crippen LogP contribution in [-0.2, 0) is 0 Å². The highest BCUT2D eigenvalue weighted by Gasteiger charge is 2.16. The Hall–Kier alpha value is -4.18. The predicted octanol–water partition coefficient (Wildman–Crippen LogP) is 4.76. The number of halogens is 1. The Kier molecular flexibility index (Phi) is 6.08. The smallest absolute Gasteiger partial charge is 0.335 e. The molecule has 1 amide bonds. The van der Waals surface area contributed by atoms with Gasteiger partial charge in [-0.3, -0.25) is 4.79 Å². The van der Waals surface area contributed by atoms with Crippen molar-refractivity contribution < 1.29 is 29.0 Å². The standard InChI is InChI=1S/C24H18BrN3O6/c1-12-5-17(11-26-27-22(29)21-10-14-7-18(25)3-4-20(14)34-21)13(2)28(12)19-8-15(23(30)31)6-16(9-19)24(32)33/h3-11H,1-2H3,(H,27,29)(H,30,31)(H,32,33)/b26-11+. The number of carboxylic acids is 2. The van der Waals surface area contributed by atoms with E-state index in [2.05, 4.69) is 26.5 Å². The first-order valence-electron chi connectivity index (χ1n) is 9.97. The molecular formula is C24H18BrN3O6. The summed E-state index contributed by atoms with van der Waals surface area (Å²) in [6.07, 6.45) is 1.45. The number of carboxylic acid groups (broad SMARTS) is 2. The van der Waals surface area contributed by atoms with Gasteiger partial charge in [-0.15, -0.1) is 0 Å². The number of amides is 1. The zero-order chi connectivity index (χ0) is 24.6. The number of fused-ring (bicyclic) bond motifs is 1. The summed E-state index contributed by atoms with van der Waals surface area (Å²) < 4.78 is 8.13. The molecule has 0 saturated carbocycles. The molecule has 4 aromatic rings. The van der Waals surface area contributed by atoms with Crippen LogP contribution in [0.15, 0.2) is 62.5 Å². The summed E-state index contributed by atoms with van der Waals surface area (Å²) in [6, 6.07) is 12.7. The first kappa shape index (κ1) is 23.0. The van der Waals surface area contributed by atoms with Gasteiger partial charge in [-0.2, -0.15) is 5.10 Å². The first-order valence-corrected chi connectivity index (χ1v) is 10.8. The van der Waals surface area contributed by atoms with Crippen molar-refractivity contribution in [1.82, 2.24) is 9.99 Å². The van der Waals surface area contributed by atoms with Gasteiger partial charge in [-0.05, 0) is 62.4 Å². The van der Waals surface area contributed by atoms with Gasteiger partial charge in [0.2, 0.25) is 0 Å². The molecule has 2 aromatic heterocycles. The van der Waals surface area contributed by atoms with Gasteiger partial charge in [0.05, 0.1) is 17.3 Å². The van der Waals surface area contributed by atoms with Gasteiger partial charge in [-0.25, -0.2) is 15.0 Å². The van der Waals surface area contributed by atoms with Crippen LogP contribution in [0.5, 0.6) is 0 Å². The Balaban J connectivity index is 1.59. The lowest BCUT2D eigenvalue weighted by atomic mass is 10.1. The molecule has 9 nitrogen and oxygen atoms in total. The van der Waals surface area contributed by atoms with E-state index in [4.69, 9.17) is 4.42 Å². The molecule has 2 aromatic carbocycles. The van der Waals surface area contributed by atoms with Crippen molar-refractivity contribution in [1.29, 1.82) is 0 Å². The maximum atomic E-state index is 12.4. The average Bonchev–Trinajstić information content (AvgIpc) is 3.33. The third-order valence-corrected chi connectivity index (χ3v) is 5.71. The first-order chi connectivity index (χ1) is 16.1. The molecule has 3 N–H and O–H groups in total. The monoisotopic (exact) mass is 523 g/mol. The number of carbonyl (C=O) groups is 3. The van der Waals surface area contributed by atoms with Crippen LogP contribution in [0.3, 0.4) is 0 Å². The number of nitrogens with zero attached hydrogens (tertiary/aromatic N) is 2. The molecule has 0 fully saturated rings. The second-order valence-electron chi connectivity index (χ2n) is 7.53. The minimum Gasteiger partial charge on any atom is -0.478 e. The van der Waals surface area contributed by atoms with E-state index < -0.39 is 17.8 Å². The van der Waals surface area contributed by atoms with Gasteiger partial charge in [0.15, 0.2) is 5.76 Å². The molecule has 0 unspecified atom stereocenters. The number of rotatable bonds is 6. The van der Waals surface area contributed by atoms with Gasteiger partial charge in [0.25, 0.3) is 0 Å². The van der Waals surface area contributed by atoms with Crippen LogP contribution in [0.2, 0.25) is 0 Å². The van der Waals surface area contributed by atoms with E-state index in [0.717, 1.165) is 21.6 Å². The summed E-state index contributed by atoms with van der Waals surface area (Å²) in [5.74, 6) is -2.86. The number of aromatic carboxylic acids is 2. The average molecular weight is 524 g/mol. The Morgan fingerprint density at radius 1 is 1.00 bits per heavy atom. The molecule has 10 heteroatoms. The fourth-order valence-electron chi connectivity index (χ4n) is 3.64. The molecular weight excluding hydrogens is 506 g/mol. The van der Waals surface area contributed by atoms with Crippen molar-refractivity contribution in [3.05, 3.63) is 86.8 Å². The number of aryl methyl sites for hydroxylation is 1. The van der Waals surface area contributed by atoms with Gasteiger partial charge in [0, 0.05) is 32.5 Å². The van der Waals surface area contributed by atoms with Crippen LogP contribution in [-0.4, -0.2) is 38.8 Å². The molecule has 34 heavy (non-hydrogen) atoms. The maximum absolute atomic E-state index is 12.4. The van der Waals surface area contributed by atoms with Crippen LogP contribution in [0.25, 0.3) is 16.7 Å². The third-order valence-electron chi connectivity index (χ3n) is 5.21. The van der Waals surface area contributed by atoms with Crippen molar-refractivity contribution in [3.8, 4) is 5.69 Å². The number of benzene rings is 2. The molecule has 0 saturated heterocycles. The molecule has 0 aliphatic carbocycles. The van der Waals surface area contributed by atoms with Crippen LogP contribution in [0.4, 0.5) is 0 Å². The Bertz CT molecular complexity index is 1470. The summed E-state index contributed by atoms with van der Waals surface area (Å²) in [5, 5.41) is 23.5. The summed E-state index contributed by atoms with van der Waals surface area (Å²) in [5.41, 5.74) is 5.19. The second kappa shape index (κ2) is 8.99. The molecule has 0 bridgehead atoms. The Labute approximate surface area is 201 Å². The van der Waals surface area contributed by atoms with Crippen LogP contribution >= 0.6 is 15.9 Å². The molecule has 0 spiro atoms. The SMILES string of the molecule is Cc1cc(/C=N/NC(=O)c2cc3cc(Br)ccc3o2)c(C)n1-c1cc(C(=O)O)cc(C(=O)O)c1. The lowest BCUT2D eigenvalue weighted by Crippen LogP contribution is -2.16. The van der Waals surface area contributed by atoms with Crippen molar-refractivity contribution >= 4 is 51.0 Å². The van der Waals surface area contributed by atoms with Gasteiger partial charge < -0.3 is 19.2 Å². The van der Waals surface area contributed by atoms with Crippen LogP contribution in [0.1, 0.15) is 48.2 Å². The highest BCUT2D eigenvalue weighted by molar-refractivity contribution is 9.10. The van der Waals surface area contributed by atoms with Gasteiger partial charge >= 0.3 is 17.8 Å². The number of hydrogen-bond acceptors (Lipinski definition) is 5. The van der Waals surface area contributed by atoms with E-state index in [1.807, 2.05) is 12.1 Å². The minimum absolute atomic E-state index is 0.113. The summed E-state index contributed by atoms with van der Waals surface area (Å²) >= 11 is 3.37. The summed E-state index contributed by atoms with van der Waals surface area (Å²) in [4.78, 5) is 35.3. The molecule has 0 aliphatic heterocycles. The fraction of sp³-hybridized carbons (Fsp3) is 0.0833. The molecule has 0 aliphatic rings. The van der Waals surface area contributed by atoms with Crippen molar-refractivity contribution in [2.45, 2.75) is 13.8 Å². The topological polar surface area (TPSA) is 134 Å². The molecule has 172 valence electrons. The summed E-state index contributed by atoms with van der Waals surface area (Å²) in [6.45, 7) is 3.57. The Morgan fingerprint density at radius 2 is 1.68 bits per heavy atom. The number of aromatic nitrogens is 1. The lowest BCUT2D eigenvalue weighted by molar-refractivity contribution is 0.0696. The van der Waals surface area contributed by atoms with E-state index in [0.29, 0.717) is 22.5 Å². The lowest BCUT2D eigenvalue weighted by Gasteiger charge is -2.12. The zero-order valence-electron chi connectivity index (χ0n) is 18.0. The number of hydrogen-bond donors (Lipinski definition) is 3. The highest BCUT2D eigenvalue weighted by atomic mass is 79.9. The number of carbonyl (C=O) groups excluding carboxylic acids is 1. The maximum Gasteiger partial charge on any atom is 0.335 e. The van der Waals surface area contributed by atoms with Crippen molar-refractivity contribution in [3.63, 3.8) is 0 Å². The van der Waals surface area contributed by atoms with E-state index in [9.17, 15) is 24.6 Å². The largest absolute Gasteiger partial charge is 0.478 e. The normalized spacial score (nSPS) is 11.3. The molecule has 0 radical (unpaired) electrons. The second-order valence-corrected chi connectivity index (χ2v) is 8.45. The number of nitrogens with one attached hydrogen (secondary N) is 1. The predicted molar refractivity (Wildman–Crippen MR) is 128 cm³/mol. The Morgan fingerprint density at radius 3 is 2.32 bits per heavy atom. The fourth-order valence-corrected chi connectivity index (χ4v) is 4.02. The number of hydrazone groups is 1. The van der Waals surface area contributed by atoms with Gasteiger partial charge in [-0.1, -0.05) is 15.9 Å². The summed E-state index contributed by atoms with van der Waals surface area (Å²) in [7, 11) is 0. The van der Waals surface area contributed by atoms with Crippen LogP contribution in [0, 0.1) is 13.8 Å². The van der Waals surface area contributed by atoms with Gasteiger partial charge in [0.1, 0.15) is 5.58 Å². The molecule has 2 heterocycles. The van der Waals surface area contributed by atoms with Crippen LogP contribution < -0.4 is 5.43 Å². The molecule has 4 rings (SSSR count). The third kappa shape index (κ3) is 4.48. The molecule has 0 atom stereocenters. The minimum atomic E-state index is -1.23. The zero-order valence-corrected chi connectivity index (χ0v) is 19.6.